The van der Waals surface area contributed by atoms with Crippen molar-refractivity contribution in [1.82, 2.24) is 14.5 Å². The van der Waals surface area contributed by atoms with Crippen LogP contribution in [0.1, 0.15) is 32.1 Å². The van der Waals surface area contributed by atoms with E-state index in [1.807, 2.05) is 0 Å². The van der Waals surface area contributed by atoms with Gasteiger partial charge in [0.1, 0.15) is 5.82 Å². The van der Waals surface area contributed by atoms with Crippen LogP contribution in [0.5, 0.6) is 0 Å². The van der Waals surface area contributed by atoms with Crippen molar-refractivity contribution >= 4 is 27.5 Å². The van der Waals surface area contributed by atoms with Crippen LogP contribution >= 0.6 is 0 Å². The Morgan fingerprint density at radius 2 is 1.17 bits per heavy atom. The van der Waals surface area contributed by atoms with Gasteiger partial charge >= 0.3 is 0 Å². The molecule has 7 aromatic rings. The standard InChI is InChI=1S/C43H36N4/c1-2-11-28(12-3-1)29-13-10-14-31(23-29)38-27-42(47-39-18-7-4-15-35(39)36-16-5-8-19-40(36)47)45-43(44-38)37-17-6-9-20-41(37)46-33-22-21-30-24-34(46)26-32(30)25-33/h1-20,23,27,30,32-34H,21-22,24-26H2. The molecule has 2 aromatic heterocycles. The van der Waals surface area contributed by atoms with Crippen molar-refractivity contribution < 1.29 is 0 Å². The number of para-hydroxylation sites is 3. The van der Waals surface area contributed by atoms with Crippen LogP contribution in [0.25, 0.3) is 61.4 Å². The second kappa shape index (κ2) is 10.7. The fraction of sp³-hybridized carbons (Fsp3) is 0.209. The Labute approximate surface area is 275 Å². The average molecular weight is 609 g/mol. The first-order valence-corrected chi connectivity index (χ1v) is 17.2. The van der Waals surface area contributed by atoms with Crippen LogP contribution in [0.15, 0.2) is 133 Å². The quantitative estimate of drug-likeness (QED) is 0.195. The van der Waals surface area contributed by atoms with Crippen LogP contribution in [0.3, 0.4) is 0 Å². The van der Waals surface area contributed by atoms with Crippen LogP contribution < -0.4 is 4.90 Å². The van der Waals surface area contributed by atoms with Crippen molar-refractivity contribution in [3.63, 3.8) is 0 Å². The monoisotopic (exact) mass is 608 g/mol. The highest BCUT2D eigenvalue weighted by Gasteiger charge is 2.48. The topological polar surface area (TPSA) is 34.0 Å². The minimum Gasteiger partial charge on any atom is -0.365 e. The van der Waals surface area contributed by atoms with Gasteiger partial charge < -0.3 is 4.90 Å². The molecule has 10 rings (SSSR count). The lowest BCUT2D eigenvalue weighted by Crippen LogP contribution is -2.47. The third kappa shape index (κ3) is 4.35. The zero-order valence-corrected chi connectivity index (χ0v) is 26.3. The van der Waals surface area contributed by atoms with Gasteiger partial charge in [-0.25, -0.2) is 9.97 Å². The van der Waals surface area contributed by atoms with Gasteiger partial charge in [-0.05, 0) is 85.4 Å². The normalized spacial score (nSPS) is 21.6. The molecule has 5 aromatic carbocycles. The number of anilines is 1. The molecule has 47 heavy (non-hydrogen) atoms. The predicted molar refractivity (Wildman–Crippen MR) is 193 cm³/mol. The molecule has 4 nitrogen and oxygen atoms in total. The lowest BCUT2D eigenvalue weighted by molar-refractivity contribution is 0.234. The maximum absolute atomic E-state index is 5.46. The molecule has 3 aliphatic rings. The molecule has 3 fully saturated rings. The van der Waals surface area contributed by atoms with Gasteiger partial charge in [0.15, 0.2) is 5.82 Å². The molecule has 0 radical (unpaired) electrons. The number of hydrogen-bond acceptors (Lipinski definition) is 3. The summed E-state index contributed by atoms with van der Waals surface area (Å²) in [6.07, 6.45) is 6.66. The maximum atomic E-state index is 5.46. The average Bonchev–Trinajstić information content (AvgIpc) is 3.61. The molecule has 2 aliphatic carbocycles. The van der Waals surface area contributed by atoms with Gasteiger partial charge in [0, 0.05) is 45.7 Å². The summed E-state index contributed by atoms with van der Waals surface area (Å²) in [6, 6.07) is 49.1. The summed E-state index contributed by atoms with van der Waals surface area (Å²) in [4.78, 5) is 13.6. The number of piperidine rings is 1. The van der Waals surface area contributed by atoms with Gasteiger partial charge in [0.25, 0.3) is 0 Å². The van der Waals surface area contributed by atoms with E-state index in [2.05, 4.69) is 143 Å². The molecule has 4 unspecified atom stereocenters. The van der Waals surface area contributed by atoms with Crippen molar-refractivity contribution in [2.24, 2.45) is 11.8 Å². The maximum Gasteiger partial charge on any atom is 0.164 e. The Kier molecular flexibility index (Phi) is 6.12. The molecule has 3 heterocycles. The van der Waals surface area contributed by atoms with E-state index in [1.54, 1.807) is 0 Å². The highest BCUT2D eigenvalue weighted by atomic mass is 15.2. The van der Waals surface area contributed by atoms with Crippen molar-refractivity contribution in [2.45, 2.75) is 44.2 Å². The van der Waals surface area contributed by atoms with Gasteiger partial charge in [-0.1, -0.05) is 97.1 Å². The van der Waals surface area contributed by atoms with E-state index in [0.29, 0.717) is 12.1 Å². The molecular weight excluding hydrogens is 573 g/mol. The molecule has 4 atom stereocenters. The summed E-state index contributed by atoms with van der Waals surface area (Å²) in [5, 5.41) is 2.47. The number of fused-ring (bicyclic) bond motifs is 5. The second-order valence-corrected chi connectivity index (χ2v) is 13.8. The van der Waals surface area contributed by atoms with Crippen molar-refractivity contribution in [3.8, 4) is 39.6 Å². The number of benzene rings is 5. The van der Waals surface area contributed by atoms with E-state index >= 15 is 0 Å². The smallest absolute Gasteiger partial charge is 0.164 e. The largest absolute Gasteiger partial charge is 0.365 e. The molecule has 0 amide bonds. The summed E-state index contributed by atoms with van der Waals surface area (Å²) < 4.78 is 2.33. The van der Waals surface area contributed by atoms with Gasteiger partial charge in [0.2, 0.25) is 0 Å². The van der Waals surface area contributed by atoms with Crippen LogP contribution in [-0.4, -0.2) is 26.6 Å². The van der Waals surface area contributed by atoms with Gasteiger partial charge in [-0.15, -0.1) is 0 Å². The molecule has 0 N–H and O–H groups in total. The molecule has 2 saturated carbocycles. The summed E-state index contributed by atoms with van der Waals surface area (Å²) in [6.45, 7) is 0. The first kappa shape index (κ1) is 26.9. The van der Waals surface area contributed by atoms with E-state index in [9.17, 15) is 0 Å². The molecule has 1 saturated heterocycles. The summed E-state index contributed by atoms with van der Waals surface area (Å²) >= 11 is 0. The van der Waals surface area contributed by atoms with Crippen molar-refractivity contribution in [1.29, 1.82) is 0 Å². The molecule has 1 aliphatic heterocycles. The van der Waals surface area contributed by atoms with Crippen molar-refractivity contribution in [3.05, 3.63) is 133 Å². The number of rotatable bonds is 5. The number of nitrogens with zero attached hydrogens (tertiary/aromatic N) is 4. The summed E-state index contributed by atoms with van der Waals surface area (Å²) in [5.74, 6) is 3.50. The fourth-order valence-electron chi connectivity index (χ4n) is 9.23. The minimum atomic E-state index is 0.612. The van der Waals surface area contributed by atoms with Crippen LogP contribution in [0.2, 0.25) is 0 Å². The minimum absolute atomic E-state index is 0.612. The molecular formula is C43H36N4. The van der Waals surface area contributed by atoms with Crippen LogP contribution in [-0.2, 0) is 0 Å². The van der Waals surface area contributed by atoms with E-state index < -0.39 is 0 Å². The molecule has 3 bridgehead atoms. The third-order valence-corrected chi connectivity index (χ3v) is 11.3. The first-order valence-electron chi connectivity index (χ1n) is 17.2. The van der Waals surface area contributed by atoms with E-state index in [1.165, 1.54) is 59.7 Å². The Morgan fingerprint density at radius 3 is 2.00 bits per heavy atom. The predicted octanol–water partition coefficient (Wildman–Crippen LogP) is 10.3. The summed E-state index contributed by atoms with van der Waals surface area (Å²) in [5.41, 5.74) is 9.13. The Hall–Kier alpha value is -5.22. The molecule has 228 valence electrons. The Morgan fingerprint density at radius 1 is 0.511 bits per heavy atom. The fourth-order valence-corrected chi connectivity index (χ4v) is 9.23. The SMILES string of the molecule is c1ccc(-c2cccc(-c3cc(-n4c5ccccc5c5ccccc54)nc(-c4ccccc4N4C5CCC6CC4CC6C5)n3)c2)cc1. The Bertz CT molecular complexity index is 2220. The van der Waals surface area contributed by atoms with Crippen LogP contribution in [0, 0.1) is 11.8 Å². The van der Waals surface area contributed by atoms with Gasteiger partial charge in [-0.3, -0.25) is 4.57 Å². The van der Waals surface area contributed by atoms with Gasteiger partial charge in [-0.2, -0.15) is 0 Å². The number of aromatic nitrogens is 3. The van der Waals surface area contributed by atoms with E-state index in [0.717, 1.165) is 51.3 Å². The first-order chi connectivity index (χ1) is 23.3. The zero-order chi connectivity index (χ0) is 30.9. The third-order valence-electron chi connectivity index (χ3n) is 11.3. The van der Waals surface area contributed by atoms with Crippen LogP contribution in [0.4, 0.5) is 5.69 Å². The molecule has 4 heteroatoms. The molecule has 0 spiro atoms. The second-order valence-electron chi connectivity index (χ2n) is 13.8. The Balaban J connectivity index is 1.20. The lowest BCUT2D eigenvalue weighted by atomic mass is 9.78. The van der Waals surface area contributed by atoms with E-state index in [4.69, 9.17) is 9.97 Å². The highest BCUT2D eigenvalue weighted by Crippen LogP contribution is 2.53. The summed E-state index contributed by atoms with van der Waals surface area (Å²) in [7, 11) is 0. The number of hydrogen-bond donors (Lipinski definition) is 0. The van der Waals surface area contributed by atoms with Gasteiger partial charge in [0.05, 0.1) is 16.7 Å². The lowest BCUT2D eigenvalue weighted by Gasteiger charge is -2.45. The zero-order valence-electron chi connectivity index (χ0n) is 26.3. The van der Waals surface area contributed by atoms with E-state index in [-0.39, 0.29) is 0 Å². The van der Waals surface area contributed by atoms with Crippen molar-refractivity contribution in [2.75, 3.05) is 4.90 Å². The highest BCUT2D eigenvalue weighted by molar-refractivity contribution is 6.09.